The molecule has 1 heterocycles. The number of carbonyl (C=O) groups is 2. The van der Waals surface area contributed by atoms with E-state index in [2.05, 4.69) is 4.74 Å². The van der Waals surface area contributed by atoms with E-state index in [1.807, 2.05) is 0 Å². The lowest BCUT2D eigenvalue weighted by molar-refractivity contribution is -0.165. The van der Waals surface area contributed by atoms with Gasteiger partial charge in [-0.15, -0.1) is 0 Å². The predicted octanol–water partition coefficient (Wildman–Crippen LogP) is 2.24. The van der Waals surface area contributed by atoms with Crippen molar-refractivity contribution in [1.29, 1.82) is 0 Å². The van der Waals surface area contributed by atoms with Crippen molar-refractivity contribution in [2.75, 3.05) is 0 Å². The highest BCUT2D eigenvalue weighted by molar-refractivity contribution is 5.88. The maximum atomic E-state index is 12.7. The van der Waals surface area contributed by atoms with Crippen LogP contribution in [0.4, 0.5) is 4.39 Å². The van der Waals surface area contributed by atoms with Crippen LogP contribution in [0, 0.1) is 11.7 Å². The Bertz CT molecular complexity index is 409. The molecular weight excluding hydrogens is 223 g/mol. The highest BCUT2D eigenvalue weighted by atomic mass is 19.1. The van der Waals surface area contributed by atoms with Crippen molar-refractivity contribution in [1.82, 2.24) is 0 Å². The van der Waals surface area contributed by atoms with Crippen molar-refractivity contribution in [3.63, 3.8) is 0 Å². The Morgan fingerprint density at radius 3 is 2.29 bits per heavy atom. The van der Waals surface area contributed by atoms with Crippen molar-refractivity contribution in [3.05, 3.63) is 35.6 Å². The summed E-state index contributed by atoms with van der Waals surface area (Å²) in [5.74, 6) is -1.09. The van der Waals surface area contributed by atoms with Gasteiger partial charge in [0.1, 0.15) is 5.82 Å². The van der Waals surface area contributed by atoms with E-state index in [0.29, 0.717) is 12.8 Å². The first-order valence-electron chi connectivity index (χ1n) is 5.61. The van der Waals surface area contributed by atoms with E-state index >= 15 is 0 Å². The number of cyclic esters (lactones) is 2. The molecule has 0 bridgehead atoms. The molecule has 0 N–H and O–H groups in total. The summed E-state index contributed by atoms with van der Waals surface area (Å²) in [7, 11) is 0. The van der Waals surface area contributed by atoms with Crippen LogP contribution in [0.1, 0.15) is 24.8 Å². The third-order valence-electron chi connectivity index (χ3n) is 2.89. The maximum Gasteiger partial charge on any atom is 0.313 e. The molecule has 0 aromatic heterocycles. The molecule has 1 fully saturated rings. The zero-order valence-electron chi connectivity index (χ0n) is 9.32. The van der Waals surface area contributed by atoms with Crippen molar-refractivity contribution in [2.24, 2.45) is 5.92 Å². The fraction of sp³-hybridized carbons (Fsp3) is 0.385. The lowest BCUT2D eigenvalue weighted by Crippen LogP contribution is -2.25. The van der Waals surface area contributed by atoms with E-state index < -0.39 is 11.9 Å². The van der Waals surface area contributed by atoms with Crippen LogP contribution in [0.15, 0.2) is 24.3 Å². The molecule has 0 atom stereocenters. The first kappa shape index (κ1) is 11.8. The molecule has 2 rings (SSSR count). The lowest BCUT2D eigenvalue weighted by Gasteiger charge is -2.19. The summed E-state index contributed by atoms with van der Waals surface area (Å²) in [6.45, 7) is 0. The monoisotopic (exact) mass is 236 g/mol. The second-order valence-corrected chi connectivity index (χ2v) is 4.29. The molecular formula is C13H13FO3. The Labute approximate surface area is 98.6 Å². The fourth-order valence-corrected chi connectivity index (χ4v) is 1.98. The van der Waals surface area contributed by atoms with E-state index in [-0.39, 0.29) is 11.7 Å². The van der Waals surface area contributed by atoms with Gasteiger partial charge in [0.2, 0.25) is 0 Å². The molecule has 0 aliphatic carbocycles. The fourth-order valence-electron chi connectivity index (χ4n) is 1.98. The van der Waals surface area contributed by atoms with Crippen molar-refractivity contribution < 1.29 is 18.7 Å². The van der Waals surface area contributed by atoms with Crippen LogP contribution in [0.2, 0.25) is 0 Å². The quantitative estimate of drug-likeness (QED) is 0.597. The number of hydrogen-bond acceptors (Lipinski definition) is 3. The zero-order chi connectivity index (χ0) is 12.3. The largest absolute Gasteiger partial charge is 0.393 e. The summed E-state index contributed by atoms with van der Waals surface area (Å²) in [6, 6.07) is 6.27. The Morgan fingerprint density at radius 2 is 1.71 bits per heavy atom. The molecule has 0 radical (unpaired) electrons. The average molecular weight is 236 g/mol. The van der Waals surface area contributed by atoms with Crippen LogP contribution in [-0.4, -0.2) is 11.9 Å². The average Bonchev–Trinajstić information content (AvgIpc) is 2.27. The minimum absolute atomic E-state index is 0.0498. The molecule has 0 spiro atoms. The van der Waals surface area contributed by atoms with Crippen LogP contribution in [0.25, 0.3) is 0 Å². The number of ether oxygens (including phenoxy) is 1. The molecule has 4 heteroatoms. The second kappa shape index (κ2) is 5.08. The summed E-state index contributed by atoms with van der Waals surface area (Å²) >= 11 is 0. The number of esters is 2. The number of benzene rings is 1. The molecule has 90 valence electrons. The Balaban J connectivity index is 1.87. The van der Waals surface area contributed by atoms with Gasteiger partial charge in [0.25, 0.3) is 0 Å². The van der Waals surface area contributed by atoms with Crippen LogP contribution in [0.3, 0.4) is 0 Å². The van der Waals surface area contributed by atoms with Gasteiger partial charge in [-0.3, -0.25) is 9.59 Å². The predicted molar refractivity (Wildman–Crippen MR) is 58.5 cm³/mol. The van der Waals surface area contributed by atoms with Gasteiger partial charge in [-0.25, -0.2) is 4.39 Å². The summed E-state index contributed by atoms with van der Waals surface area (Å²) in [6.07, 6.45) is 2.08. The normalized spacial score (nSPS) is 17.0. The van der Waals surface area contributed by atoms with Crippen LogP contribution >= 0.6 is 0 Å². The SMILES string of the molecule is O=C1CC(CCc2ccc(F)cc2)CC(=O)O1. The molecule has 1 aliphatic heterocycles. The van der Waals surface area contributed by atoms with Crippen LogP contribution in [0.5, 0.6) is 0 Å². The highest BCUT2D eigenvalue weighted by Crippen LogP contribution is 2.22. The third-order valence-corrected chi connectivity index (χ3v) is 2.89. The molecule has 1 aliphatic rings. The van der Waals surface area contributed by atoms with E-state index in [9.17, 15) is 14.0 Å². The van der Waals surface area contributed by atoms with Gasteiger partial charge in [0.05, 0.1) is 0 Å². The lowest BCUT2D eigenvalue weighted by atomic mass is 9.92. The van der Waals surface area contributed by atoms with E-state index in [4.69, 9.17) is 0 Å². The summed E-state index contributed by atoms with van der Waals surface area (Å²) in [5, 5.41) is 0. The van der Waals surface area contributed by atoms with E-state index in [1.54, 1.807) is 12.1 Å². The number of aryl methyl sites for hydroxylation is 1. The first-order chi connectivity index (χ1) is 8.13. The zero-order valence-corrected chi connectivity index (χ0v) is 9.32. The van der Waals surface area contributed by atoms with Gasteiger partial charge in [0, 0.05) is 12.8 Å². The smallest absolute Gasteiger partial charge is 0.313 e. The van der Waals surface area contributed by atoms with Gasteiger partial charge >= 0.3 is 11.9 Å². The maximum absolute atomic E-state index is 12.7. The van der Waals surface area contributed by atoms with E-state index in [0.717, 1.165) is 18.4 Å². The topological polar surface area (TPSA) is 43.4 Å². The number of carbonyl (C=O) groups excluding carboxylic acids is 2. The molecule has 3 nitrogen and oxygen atoms in total. The first-order valence-corrected chi connectivity index (χ1v) is 5.61. The Kier molecular flexibility index (Phi) is 3.52. The van der Waals surface area contributed by atoms with Crippen LogP contribution in [-0.2, 0) is 20.7 Å². The third kappa shape index (κ3) is 3.37. The molecule has 0 unspecified atom stereocenters. The van der Waals surface area contributed by atoms with Gasteiger partial charge in [-0.1, -0.05) is 12.1 Å². The number of hydrogen-bond donors (Lipinski definition) is 0. The van der Waals surface area contributed by atoms with Gasteiger partial charge in [0.15, 0.2) is 0 Å². The number of halogens is 1. The van der Waals surface area contributed by atoms with Crippen molar-refractivity contribution in [3.8, 4) is 0 Å². The van der Waals surface area contributed by atoms with Gasteiger partial charge in [-0.05, 0) is 36.5 Å². The Morgan fingerprint density at radius 1 is 1.12 bits per heavy atom. The van der Waals surface area contributed by atoms with E-state index in [1.165, 1.54) is 12.1 Å². The van der Waals surface area contributed by atoms with Gasteiger partial charge in [-0.2, -0.15) is 0 Å². The second-order valence-electron chi connectivity index (χ2n) is 4.29. The molecule has 1 aromatic rings. The minimum atomic E-state index is -0.439. The standard InChI is InChI=1S/C13H13FO3/c14-11-5-3-9(4-6-11)1-2-10-7-12(15)17-13(16)8-10/h3-6,10H,1-2,7-8H2. The van der Waals surface area contributed by atoms with Crippen LogP contribution < -0.4 is 0 Å². The molecule has 1 aromatic carbocycles. The summed E-state index contributed by atoms with van der Waals surface area (Å²) in [5.41, 5.74) is 1.01. The molecule has 0 amide bonds. The Hall–Kier alpha value is -1.71. The van der Waals surface area contributed by atoms with Crippen molar-refractivity contribution in [2.45, 2.75) is 25.7 Å². The molecule has 17 heavy (non-hydrogen) atoms. The number of rotatable bonds is 3. The van der Waals surface area contributed by atoms with Crippen molar-refractivity contribution >= 4 is 11.9 Å². The van der Waals surface area contributed by atoms with Gasteiger partial charge < -0.3 is 4.74 Å². The highest BCUT2D eigenvalue weighted by Gasteiger charge is 2.26. The summed E-state index contributed by atoms with van der Waals surface area (Å²) in [4.78, 5) is 22.1. The molecule has 0 saturated carbocycles. The molecule has 1 saturated heterocycles. The minimum Gasteiger partial charge on any atom is -0.393 e. The summed E-state index contributed by atoms with van der Waals surface area (Å²) < 4.78 is 17.1.